The van der Waals surface area contributed by atoms with Gasteiger partial charge in [-0.1, -0.05) is 20.3 Å². The zero-order valence-corrected chi connectivity index (χ0v) is 13.9. The van der Waals surface area contributed by atoms with E-state index in [-0.39, 0.29) is 0 Å². The third kappa shape index (κ3) is 3.24. The summed E-state index contributed by atoms with van der Waals surface area (Å²) in [6.07, 6.45) is 5.20. The van der Waals surface area contributed by atoms with Crippen LogP contribution in [0.25, 0.3) is 0 Å². The van der Waals surface area contributed by atoms with Gasteiger partial charge in [-0.05, 0) is 66.3 Å². The Morgan fingerprint density at radius 3 is 3.00 bits per heavy atom. The van der Waals surface area contributed by atoms with Crippen molar-refractivity contribution in [2.45, 2.75) is 58.5 Å². The van der Waals surface area contributed by atoms with Gasteiger partial charge in [0.15, 0.2) is 0 Å². The lowest BCUT2D eigenvalue weighted by Crippen LogP contribution is -2.36. The smallest absolute Gasteiger partial charge is 0.0659 e. The van der Waals surface area contributed by atoms with Gasteiger partial charge < -0.3 is 5.32 Å². The highest BCUT2D eigenvalue weighted by Gasteiger charge is 2.24. The van der Waals surface area contributed by atoms with E-state index in [4.69, 9.17) is 0 Å². The Morgan fingerprint density at radius 2 is 2.29 bits per heavy atom. The molecule has 0 aliphatic heterocycles. The van der Waals surface area contributed by atoms with Gasteiger partial charge in [0.2, 0.25) is 0 Å². The van der Waals surface area contributed by atoms with Crippen LogP contribution in [0.2, 0.25) is 0 Å². The summed E-state index contributed by atoms with van der Waals surface area (Å²) >= 11 is 4.44. The first kappa shape index (κ1) is 13.8. The molecule has 17 heavy (non-hydrogen) atoms. The fourth-order valence-corrected chi connectivity index (χ4v) is 4.65. The molecule has 1 nitrogen and oxygen atoms in total. The predicted octanol–water partition coefficient (Wildman–Crippen LogP) is 4.75. The third-order valence-electron chi connectivity index (χ3n) is 4.05. The van der Waals surface area contributed by atoms with E-state index in [0.717, 1.165) is 5.92 Å². The molecule has 0 saturated heterocycles. The zero-order valence-electron chi connectivity index (χ0n) is 10.9. The van der Waals surface area contributed by atoms with Crippen LogP contribution in [-0.4, -0.2) is 6.04 Å². The number of nitrogens with one attached hydrogen (secondary N) is 1. The Hall–Kier alpha value is 0.390. The van der Waals surface area contributed by atoms with Crippen LogP contribution >= 0.6 is 33.9 Å². The molecule has 1 aliphatic carbocycles. The van der Waals surface area contributed by atoms with Crippen LogP contribution in [0, 0.1) is 8.80 Å². The zero-order chi connectivity index (χ0) is 12.4. The average molecular weight is 363 g/mol. The molecule has 0 spiro atoms. The monoisotopic (exact) mass is 363 g/mol. The molecule has 0 amide bonds. The van der Waals surface area contributed by atoms with Crippen molar-refractivity contribution in [1.82, 2.24) is 5.32 Å². The summed E-state index contributed by atoms with van der Waals surface area (Å²) in [5.41, 5.74) is 1.58. The molecule has 3 unspecified atom stereocenters. The summed E-state index contributed by atoms with van der Waals surface area (Å²) in [6, 6.07) is 3.61. The molecule has 96 valence electrons. The van der Waals surface area contributed by atoms with Crippen molar-refractivity contribution in [3.63, 3.8) is 0 Å². The first-order chi connectivity index (χ1) is 8.11. The van der Waals surface area contributed by atoms with Crippen molar-refractivity contribution >= 4 is 33.9 Å². The molecule has 1 aromatic heterocycles. The van der Waals surface area contributed by atoms with Gasteiger partial charge in [0.25, 0.3) is 0 Å². The van der Waals surface area contributed by atoms with Crippen LogP contribution in [0.5, 0.6) is 0 Å². The molecule has 1 aromatic rings. The van der Waals surface area contributed by atoms with Crippen molar-refractivity contribution in [2.24, 2.45) is 5.92 Å². The Balaban J connectivity index is 2.08. The molecule has 0 radical (unpaired) electrons. The van der Waals surface area contributed by atoms with Gasteiger partial charge in [0.1, 0.15) is 0 Å². The van der Waals surface area contributed by atoms with Gasteiger partial charge in [-0.15, -0.1) is 11.3 Å². The van der Waals surface area contributed by atoms with E-state index < -0.39 is 0 Å². The highest BCUT2D eigenvalue weighted by Crippen LogP contribution is 2.36. The Kier molecular flexibility index (Phi) is 4.89. The second-order valence-corrected chi connectivity index (χ2v) is 8.25. The van der Waals surface area contributed by atoms with E-state index in [9.17, 15) is 0 Å². The van der Waals surface area contributed by atoms with Gasteiger partial charge in [-0.3, -0.25) is 0 Å². The molecular formula is C14H22INS. The summed E-state index contributed by atoms with van der Waals surface area (Å²) < 4.78 is 1.44. The maximum Gasteiger partial charge on any atom is 0.0659 e. The molecule has 0 fully saturated rings. The maximum absolute atomic E-state index is 3.84. The predicted molar refractivity (Wildman–Crippen MR) is 84.8 cm³/mol. The molecule has 1 N–H and O–H groups in total. The van der Waals surface area contributed by atoms with Gasteiger partial charge in [-0.25, -0.2) is 0 Å². The molecule has 1 aliphatic rings. The van der Waals surface area contributed by atoms with Gasteiger partial charge in [-0.2, -0.15) is 0 Å². The van der Waals surface area contributed by atoms with Crippen LogP contribution < -0.4 is 5.32 Å². The molecule has 3 atom stereocenters. The van der Waals surface area contributed by atoms with Crippen LogP contribution in [-0.2, 0) is 6.42 Å². The van der Waals surface area contributed by atoms with E-state index in [1.165, 1.54) is 28.6 Å². The average Bonchev–Trinajstić information content (AvgIpc) is 2.69. The molecule has 0 aromatic carbocycles. The van der Waals surface area contributed by atoms with E-state index in [0.29, 0.717) is 12.1 Å². The Labute approximate surface area is 123 Å². The second kappa shape index (κ2) is 6.02. The van der Waals surface area contributed by atoms with Gasteiger partial charge in [0.05, 0.1) is 2.88 Å². The molecule has 3 heteroatoms. The van der Waals surface area contributed by atoms with Crippen molar-refractivity contribution in [3.8, 4) is 0 Å². The minimum absolute atomic E-state index is 0.600. The van der Waals surface area contributed by atoms with Gasteiger partial charge >= 0.3 is 0 Å². The Morgan fingerprint density at radius 1 is 1.53 bits per heavy atom. The van der Waals surface area contributed by atoms with Crippen LogP contribution in [0.3, 0.4) is 0 Å². The minimum atomic E-state index is 0.600. The van der Waals surface area contributed by atoms with Gasteiger partial charge in [0, 0.05) is 17.0 Å². The largest absolute Gasteiger partial charge is 0.307 e. The number of halogens is 1. The lowest BCUT2D eigenvalue weighted by Gasteiger charge is -2.29. The summed E-state index contributed by atoms with van der Waals surface area (Å²) in [7, 11) is 0. The fourth-order valence-electron chi connectivity index (χ4n) is 2.53. The first-order valence-electron chi connectivity index (χ1n) is 6.66. The first-order valence-corrected chi connectivity index (χ1v) is 8.55. The van der Waals surface area contributed by atoms with Crippen LogP contribution in [0.15, 0.2) is 6.07 Å². The molecule has 1 heterocycles. The van der Waals surface area contributed by atoms with Crippen molar-refractivity contribution in [1.29, 1.82) is 0 Å². The Bertz CT molecular complexity index is 374. The van der Waals surface area contributed by atoms with E-state index in [2.05, 4.69) is 54.7 Å². The van der Waals surface area contributed by atoms with Crippen molar-refractivity contribution in [3.05, 3.63) is 19.4 Å². The van der Waals surface area contributed by atoms with Crippen LogP contribution in [0.1, 0.15) is 56.5 Å². The quantitative estimate of drug-likeness (QED) is 0.761. The molecule has 2 rings (SSSR count). The SMILES string of the molecule is CCC(C)C(C)NC1CCCc2sc(I)cc21. The summed E-state index contributed by atoms with van der Waals surface area (Å²) in [5.74, 6) is 0.762. The summed E-state index contributed by atoms with van der Waals surface area (Å²) in [4.78, 5) is 1.62. The lowest BCUT2D eigenvalue weighted by molar-refractivity contribution is 0.331. The van der Waals surface area contributed by atoms with Crippen molar-refractivity contribution < 1.29 is 0 Å². The molecule has 0 saturated carbocycles. The number of hydrogen-bond donors (Lipinski definition) is 1. The minimum Gasteiger partial charge on any atom is -0.307 e. The van der Waals surface area contributed by atoms with Crippen molar-refractivity contribution in [2.75, 3.05) is 0 Å². The highest BCUT2D eigenvalue weighted by molar-refractivity contribution is 14.1. The number of thiophene rings is 1. The second-order valence-electron chi connectivity index (χ2n) is 5.21. The van der Waals surface area contributed by atoms with Crippen LogP contribution in [0.4, 0.5) is 0 Å². The summed E-state index contributed by atoms with van der Waals surface area (Å²) in [6.45, 7) is 6.96. The number of fused-ring (bicyclic) bond motifs is 1. The fraction of sp³-hybridized carbons (Fsp3) is 0.714. The van der Waals surface area contributed by atoms with E-state index >= 15 is 0 Å². The maximum atomic E-state index is 3.84. The number of aryl methyl sites for hydroxylation is 1. The molecular weight excluding hydrogens is 341 g/mol. The number of hydrogen-bond acceptors (Lipinski definition) is 2. The molecule has 0 bridgehead atoms. The standard InChI is InChI=1S/C14H22INS/c1-4-9(2)10(3)16-12-6-5-7-13-11(12)8-14(15)17-13/h8-10,12,16H,4-7H2,1-3H3. The normalized spacial score (nSPS) is 23.2. The number of rotatable bonds is 4. The van der Waals surface area contributed by atoms with E-state index in [1.54, 1.807) is 10.4 Å². The highest BCUT2D eigenvalue weighted by atomic mass is 127. The third-order valence-corrected chi connectivity index (χ3v) is 6.02. The summed E-state index contributed by atoms with van der Waals surface area (Å²) in [5, 5.41) is 3.84. The lowest BCUT2D eigenvalue weighted by atomic mass is 9.91. The topological polar surface area (TPSA) is 12.0 Å². The van der Waals surface area contributed by atoms with E-state index in [1.807, 2.05) is 11.3 Å².